The van der Waals surface area contributed by atoms with Gasteiger partial charge in [0.15, 0.2) is 0 Å². The zero-order valence-corrected chi connectivity index (χ0v) is 18.4. The average molecular weight is 451 g/mol. The van der Waals surface area contributed by atoms with Crippen LogP contribution in [0.2, 0.25) is 0 Å². The first-order chi connectivity index (χ1) is 15.6. The number of esters is 1. The molecule has 1 atom stereocenters. The van der Waals surface area contributed by atoms with Crippen molar-refractivity contribution in [3.05, 3.63) is 65.0 Å². The van der Waals surface area contributed by atoms with Crippen LogP contribution in [0.5, 0.6) is 0 Å². The fraction of sp³-hybridized carbons (Fsp3) is 0.292. The molecule has 0 N–H and O–H groups in total. The maximum absolute atomic E-state index is 13.7. The van der Waals surface area contributed by atoms with Gasteiger partial charge in [-0.25, -0.2) is 4.79 Å². The monoisotopic (exact) mass is 450 g/mol. The molecule has 1 unspecified atom stereocenters. The lowest BCUT2D eigenvalue weighted by molar-refractivity contribution is -0.159. The number of benzene rings is 2. The molecule has 2 amide bonds. The van der Waals surface area contributed by atoms with E-state index in [4.69, 9.17) is 9.47 Å². The van der Waals surface area contributed by atoms with Crippen molar-refractivity contribution < 1.29 is 23.9 Å². The molecule has 1 saturated heterocycles. The predicted molar refractivity (Wildman–Crippen MR) is 120 cm³/mol. The van der Waals surface area contributed by atoms with Crippen LogP contribution in [0.4, 0.5) is 5.69 Å². The Balaban J connectivity index is 1.53. The molecule has 8 heteroatoms. The smallest absolute Gasteiger partial charge is 0.354 e. The minimum atomic E-state index is -1.51. The van der Waals surface area contributed by atoms with E-state index < -0.39 is 11.6 Å². The molecule has 3 aromatic rings. The van der Waals surface area contributed by atoms with E-state index >= 15 is 0 Å². The number of anilines is 1. The van der Waals surface area contributed by atoms with Crippen LogP contribution in [0.1, 0.15) is 28.8 Å². The highest BCUT2D eigenvalue weighted by Crippen LogP contribution is 2.45. The van der Waals surface area contributed by atoms with Crippen molar-refractivity contribution in [3.8, 4) is 0 Å². The number of methoxy groups -OCH3 is 1. The van der Waals surface area contributed by atoms with Gasteiger partial charge in [0.25, 0.3) is 5.91 Å². The molecular weight excluding hydrogens is 428 g/mol. The molecule has 32 heavy (non-hydrogen) atoms. The number of amides is 2. The minimum absolute atomic E-state index is 0.0700. The van der Waals surface area contributed by atoms with E-state index in [2.05, 4.69) is 0 Å². The fourth-order valence-electron chi connectivity index (χ4n) is 4.64. The lowest BCUT2D eigenvalue weighted by atomic mass is 9.96. The Kier molecular flexibility index (Phi) is 5.19. The van der Waals surface area contributed by atoms with Crippen molar-refractivity contribution in [1.29, 1.82) is 0 Å². The minimum Gasteiger partial charge on any atom is -0.458 e. The Morgan fingerprint density at radius 1 is 1.12 bits per heavy atom. The summed E-state index contributed by atoms with van der Waals surface area (Å²) in [5.41, 5.74) is 0.238. The summed E-state index contributed by atoms with van der Waals surface area (Å²) in [6.07, 6.45) is 0.334. The van der Waals surface area contributed by atoms with Gasteiger partial charge < -0.3 is 14.4 Å². The SMILES string of the molecule is COCCN1C(=O)c2ccccc2N2C(=O)CCC12C(=O)OCc1csc2ccccc12. The number of carbonyl (C=O) groups excluding carboxylic acids is 3. The van der Waals surface area contributed by atoms with Crippen LogP contribution in [0.15, 0.2) is 53.9 Å². The fourth-order valence-corrected chi connectivity index (χ4v) is 5.59. The number of nitrogens with zero attached hydrogens (tertiary/aromatic N) is 2. The number of fused-ring (bicyclic) bond motifs is 4. The number of hydrogen-bond donors (Lipinski definition) is 0. The van der Waals surface area contributed by atoms with Gasteiger partial charge in [0.05, 0.1) is 17.9 Å². The topological polar surface area (TPSA) is 76.2 Å². The summed E-state index contributed by atoms with van der Waals surface area (Å²) in [6.45, 7) is 0.477. The molecule has 1 fully saturated rings. The zero-order chi connectivity index (χ0) is 22.3. The second-order valence-electron chi connectivity index (χ2n) is 7.85. The van der Waals surface area contributed by atoms with Gasteiger partial charge in [-0.1, -0.05) is 30.3 Å². The first kappa shape index (κ1) is 20.7. The third kappa shape index (κ3) is 3.02. The molecule has 2 aromatic carbocycles. The van der Waals surface area contributed by atoms with Gasteiger partial charge in [0, 0.05) is 36.8 Å². The highest BCUT2D eigenvalue weighted by molar-refractivity contribution is 7.17. The molecule has 0 radical (unpaired) electrons. The molecule has 0 aliphatic carbocycles. The molecule has 164 valence electrons. The van der Waals surface area contributed by atoms with E-state index in [0.717, 1.165) is 15.6 Å². The molecule has 0 spiro atoms. The highest BCUT2D eigenvalue weighted by atomic mass is 32.1. The third-order valence-electron chi connectivity index (χ3n) is 6.14. The van der Waals surface area contributed by atoms with E-state index in [-0.39, 0.29) is 44.4 Å². The third-order valence-corrected chi connectivity index (χ3v) is 7.15. The molecule has 3 heterocycles. The van der Waals surface area contributed by atoms with Crippen molar-refractivity contribution in [2.24, 2.45) is 0 Å². The van der Waals surface area contributed by atoms with E-state index in [9.17, 15) is 14.4 Å². The Bertz CT molecular complexity index is 1220. The normalized spacial score (nSPS) is 19.9. The van der Waals surface area contributed by atoms with Crippen LogP contribution < -0.4 is 4.90 Å². The molecule has 7 nitrogen and oxygen atoms in total. The van der Waals surface area contributed by atoms with Crippen LogP contribution >= 0.6 is 11.3 Å². The van der Waals surface area contributed by atoms with Crippen molar-refractivity contribution in [2.75, 3.05) is 25.2 Å². The van der Waals surface area contributed by atoms with E-state index in [0.29, 0.717) is 11.3 Å². The quantitative estimate of drug-likeness (QED) is 0.537. The number of para-hydroxylation sites is 1. The largest absolute Gasteiger partial charge is 0.458 e. The average Bonchev–Trinajstić information content (AvgIpc) is 3.39. The van der Waals surface area contributed by atoms with Gasteiger partial charge in [-0.15, -0.1) is 11.3 Å². The Morgan fingerprint density at radius 3 is 2.75 bits per heavy atom. The second-order valence-corrected chi connectivity index (χ2v) is 8.76. The molecule has 0 bridgehead atoms. The van der Waals surface area contributed by atoms with Crippen molar-refractivity contribution in [3.63, 3.8) is 0 Å². The van der Waals surface area contributed by atoms with Crippen molar-refractivity contribution in [2.45, 2.75) is 25.1 Å². The predicted octanol–water partition coefficient (Wildman–Crippen LogP) is 3.57. The second kappa shape index (κ2) is 8.03. The Labute approximate surface area is 189 Å². The number of rotatable bonds is 6. The molecule has 2 aliphatic heterocycles. The van der Waals surface area contributed by atoms with E-state index in [1.54, 1.807) is 35.6 Å². The molecule has 5 rings (SSSR count). The summed E-state index contributed by atoms with van der Waals surface area (Å²) in [6, 6.07) is 14.8. The summed E-state index contributed by atoms with van der Waals surface area (Å²) in [5.74, 6) is -1.11. The van der Waals surface area contributed by atoms with Crippen molar-refractivity contribution in [1.82, 2.24) is 4.90 Å². The molecular formula is C24H22N2O5S. The lowest BCUT2D eigenvalue weighted by Crippen LogP contribution is -2.68. The van der Waals surface area contributed by atoms with Gasteiger partial charge in [-0.3, -0.25) is 14.5 Å². The van der Waals surface area contributed by atoms with Crippen molar-refractivity contribution >= 4 is 44.9 Å². The maximum Gasteiger partial charge on any atom is 0.354 e. The van der Waals surface area contributed by atoms with Crippen LogP contribution in [0.25, 0.3) is 10.1 Å². The summed E-state index contributed by atoms with van der Waals surface area (Å²) in [7, 11) is 1.53. The van der Waals surface area contributed by atoms with Crippen LogP contribution in [-0.4, -0.2) is 48.6 Å². The van der Waals surface area contributed by atoms with E-state index in [1.165, 1.54) is 16.9 Å². The Morgan fingerprint density at radius 2 is 1.91 bits per heavy atom. The Hall–Kier alpha value is -3.23. The maximum atomic E-state index is 13.7. The summed E-state index contributed by atoms with van der Waals surface area (Å²) in [5, 5.41) is 3.00. The highest BCUT2D eigenvalue weighted by Gasteiger charge is 2.61. The van der Waals surface area contributed by atoms with Gasteiger partial charge in [0.2, 0.25) is 11.6 Å². The number of thiophene rings is 1. The first-order valence-corrected chi connectivity index (χ1v) is 11.3. The number of carbonyl (C=O) groups is 3. The zero-order valence-electron chi connectivity index (χ0n) is 17.6. The number of hydrogen-bond acceptors (Lipinski definition) is 6. The van der Waals surface area contributed by atoms with Gasteiger partial charge in [0.1, 0.15) is 6.61 Å². The van der Waals surface area contributed by atoms with Gasteiger partial charge in [-0.2, -0.15) is 0 Å². The summed E-state index contributed by atoms with van der Waals surface area (Å²) in [4.78, 5) is 42.9. The van der Waals surface area contributed by atoms with Gasteiger partial charge >= 0.3 is 5.97 Å². The number of ether oxygens (including phenoxy) is 2. The first-order valence-electron chi connectivity index (χ1n) is 10.4. The van der Waals surface area contributed by atoms with E-state index in [1.807, 2.05) is 29.6 Å². The summed E-state index contributed by atoms with van der Waals surface area (Å²) >= 11 is 1.59. The van der Waals surface area contributed by atoms with Crippen LogP contribution in [-0.2, 0) is 25.7 Å². The molecule has 1 aromatic heterocycles. The standard InChI is InChI=1S/C24H22N2O5S/c1-30-13-12-25-22(28)18-7-2-4-8-19(18)26-21(27)10-11-24(25,26)23(29)31-14-16-15-32-20-9-5-3-6-17(16)20/h2-9,15H,10-14H2,1H3. The van der Waals surface area contributed by atoms with Crippen LogP contribution in [0, 0.1) is 0 Å². The summed E-state index contributed by atoms with van der Waals surface area (Å²) < 4.78 is 12.1. The molecule has 0 saturated carbocycles. The van der Waals surface area contributed by atoms with Gasteiger partial charge in [-0.05, 0) is 29.0 Å². The van der Waals surface area contributed by atoms with Crippen LogP contribution in [0.3, 0.4) is 0 Å². The lowest BCUT2D eigenvalue weighted by Gasteiger charge is -2.48. The molecule has 2 aliphatic rings.